The van der Waals surface area contributed by atoms with E-state index < -0.39 is 0 Å². The Morgan fingerprint density at radius 3 is 2.47 bits per heavy atom. The van der Waals surface area contributed by atoms with Crippen LogP contribution in [0.4, 0.5) is 0 Å². The van der Waals surface area contributed by atoms with Crippen LogP contribution >= 0.6 is 0 Å². The van der Waals surface area contributed by atoms with Crippen molar-refractivity contribution >= 4 is 0 Å². The fourth-order valence-corrected chi connectivity index (χ4v) is 2.22. The number of hydrogen-bond acceptors (Lipinski definition) is 2. The molecule has 2 N–H and O–H groups in total. The highest BCUT2D eigenvalue weighted by atomic mass is 14.9. The highest BCUT2D eigenvalue weighted by Gasteiger charge is 2.21. The second-order valence-electron chi connectivity index (χ2n) is 5.33. The van der Waals surface area contributed by atoms with Crippen molar-refractivity contribution in [3.8, 4) is 0 Å². The van der Waals surface area contributed by atoms with E-state index in [9.17, 15) is 0 Å². The number of hydrogen-bond donors (Lipinski definition) is 2. The van der Waals surface area contributed by atoms with E-state index in [1.54, 1.807) is 0 Å². The van der Waals surface area contributed by atoms with E-state index in [2.05, 4.69) is 55.7 Å². The largest absolute Gasteiger partial charge is 0.320 e. The Labute approximate surface area is 106 Å². The first-order valence-electron chi connectivity index (χ1n) is 6.49. The molecule has 0 saturated carbocycles. The van der Waals surface area contributed by atoms with Crippen molar-refractivity contribution < 1.29 is 0 Å². The summed E-state index contributed by atoms with van der Waals surface area (Å²) in [6.45, 7) is 9.99. The van der Waals surface area contributed by atoms with Gasteiger partial charge in [-0.3, -0.25) is 0 Å². The summed E-state index contributed by atoms with van der Waals surface area (Å²) < 4.78 is 0. The fourth-order valence-electron chi connectivity index (χ4n) is 2.22. The fraction of sp³-hybridized carbons (Fsp3) is 0.600. The van der Waals surface area contributed by atoms with Gasteiger partial charge in [0.05, 0.1) is 0 Å². The zero-order chi connectivity index (χ0) is 12.7. The Morgan fingerprint density at radius 1 is 1.12 bits per heavy atom. The number of benzene rings is 1. The molecule has 2 nitrogen and oxygen atoms in total. The predicted octanol–water partition coefficient (Wildman–Crippen LogP) is 2.47. The summed E-state index contributed by atoms with van der Waals surface area (Å²) in [4.78, 5) is 0. The summed E-state index contributed by atoms with van der Waals surface area (Å²) in [7, 11) is 2.00. The zero-order valence-corrected chi connectivity index (χ0v) is 11.6. The molecule has 0 heterocycles. The summed E-state index contributed by atoms with van der Waals surface area (Å²) in [5.41, 5.74) is 3.03. The molecular formula is C15H26N2. The minimum Gasteiger partial charge on any atom is -0.320 e. The van der Waals surface area contributed by atoms with Gasteiger partial charge in [-0.2, -0.15) is 0 Å². The van der Waals surface area contributed by atoms with Crippen LogP contribution in [-0.4, -0.2) is 26.7 Å². The Morgan fingerprint density at radius 2 is 1.82 bits per heavy atom. The van der Waals surface area contributed by atoms with Crippen LogP contribution in [0.5, 0.6) is 0 Å². The SMILES string of the molecule is CNCCCNCC(C)(C)c1ccccc1C. The van der Waals surface area contributed by atoms with E-state index in [0.717, 1.165) is 19.6 Å². The molecule has 2 heteroatoms. The maximum atomic E-state index is 3.55. The van der Waals surface area contributed by atoms with Crippen LogP contribution in [0.25, 0.3) is 0 Å². The molecule has 0 spiro atoms. The number of nitrogens with one attached hydrogen (secondary N) is 2. The molecule has 0 aliphatic rings. The lowest BCUT2D eigenvalue weighted by Gasteiger charge is -2.27. The van der Waals surface area contributed by atoms with Gasteiger partial charge in [0.25, 0.3) is 0 Å². The Balaban J connectivity index is 2.48. The lowest BCUT2D eigenvalue weighted by atomic mass is 9.82. The lowest BCUT2D eigenvalue weighted by Crippen LogP contribution is -2.34. The van der Waals surface area contributed by atoms with Gasteiger partial charge < -0.3 is 10.6 Å². The number of rotatable bonds is 7. The third kappa shape index (κ3) is 4.49. The van der Waals surface area contributed by atoms with Crippen LogP contribution in [-0.2, 0) is 5.41 Å². The van der Waals surface area contributed by atoms with E-state index >= 15 is 0 Å². The minimum absolute atomic E-state index is 0.199. The maximum absolute atomic E-state index is 3.55. The van der Waals surface area contributed by atoms with Gasteiger partial charge in [-0.15, -0.1) is 0 Å². The number of aryl methyl sites for hydroxylation is 1. The van der Waals surface area contributed by atoms with E-state index in [4.69, 9.17) is 0 Å². The molecule has 0 aliphatic heterocycles. The van der Waals surface area contributed by atoms with Crippen LogP contribution in [0.1, 0.15) is 31.4 Å². The molecule has 17 heavy (non-hydrogen) atoms. The van der Waals surface area contributed by atoms with Crippen molar-refractivity contribution in [1.82, 2.24) is 10.6 Å². The first-order valence-corrected chi connectivity index (χ1v) is 6.49. The molecule has 1 aromatic rings. The molecule has 96 valence electrons. The van der Waals surface area contributed by atoms with Gasteiger partial charge in [0, 0.05) is 12.0 Å². The van der Waals surface area contributed by atoms with Crippen molar-refractivity contribution in [2.75, 3.05) is 26.7 Å². The van der Waals surface area contributed by atoms with Crippen molar-refractivity contribution in [2.45, 2.75) is 32.6 Å². The van der Waals surface area contributed by atoms with Crippen molar-refractivity contribution in [3.05, 3.63) is 35.4 Å². The van der Waals surface area contributed by atoms with E-state index in [1.165, 1.54) is 17.5 Å². The van der Waals surface area contributed by atoms with Crippen molar-refractivity contribution in [1.29, 1.82) is 0 Å². The van der Waals surface area contributed by atoms with Gasteiger partial charge in [0.1, 0.15) is 0 Å². The average Bonchev–Trinajstić information content (AvgIpc) is 2.29. The van der Waals surface area contributed by atoms with Gasteiger partial charge in [0.2, 0.25) is 0 Å². The second kappa shape index (κ2) is 6.77. The smallest absolute Gasteiger partial charge is 0.00432 e. The van der Waals surface area contributed by atoms with E-state index in [-0.39, 0.29) is 5.41 Å². The van der Waals surface area contributed by atoms with Gasteiger partial charge in [-0.25, -0.2) is 0 Å². The van der Waals surface area contributed by atoms with Crippen molar-refractivity contribution in [2.24, 2.45) is 0 Å². The van der Waals surface area contributed by atoms with Crippen LogP contribution in [0.3, 0.4) is 0 Å². The molecule has 0 bridgehead atoms. The summed E-state index contributed by atoms with van der Waals surface area (Å²) in [6.07, 6.45) is 1.18. The molecule has 0 aliphatic carbocycles. The minimum atomic E-state index is 0.199. The summed E-state index contributed by atoms with van der Waals surface area (Å²) >= 11 is 0. The molecule has 0 fully saturated rings. The lowest BCUT2D eigenvalue weighted by molar-refractivity contribution is 0.462. The highest BCUT2D eigenvalue weighted by molar-refractivity contribution is 5.32. The third-order valence-electron chi connectivity index (χ3n) is 3.22. The topological polar surface area (TPSA) is 24.1 Å². The molecule has 0 atom stereocenters. The van der Waals surface area contributed by atoms with Crippen LogP contribution in [0, 0.1) is 6.92 Å². The molecule has 0 saturated heterocycles. The van der Waals surface area contributed by atoms with Gasteiger partial charge in [-0.05, 0) is 44.6 Å². The summed E-state index contributed by atoms with van der Waals surface area (Å²) in [5, 5.41) is 6.71. The Hall–Kier alpha value is -0.860. The summed E-state index contributed by atoms with van der Waals surface area (Å²) in [5.74, 6) is 0. The normalized spacial score (nSPS) is 11.8. The average molecular weight is 234 g/mol. The maximum Gasteiger partial charge on any atom is 0.00432 e. The second-order valence-corrected chi connectivity index (χ2v) is 5.33. The van der Waals surface area contributed by atoms with Crippen molar-refractivity contribution in [3.63, 3.8) is 0 Å². The Kier molecular flexibility index (Phi) is 5.66. The molecule has 1 aromatic carbocycles. The van der Waals surface area contributed by atoms with E-state index in [1.807, 2.05) is 7.05 Å². The molecule has 1 rings (SSSR count). The van der Waals surface area contributed by atoms with Crippen LogP contribution in [0.15, 0.2) is 24.3 Å². The molecule has 0 radical (unpaired) electrons. The first kappa shape index (κ1) is 14.2. The first-order chi connectivity index (χ1) is 8.08. The standard InChI is InChI=1S/C15H26N2/c1-13-8-5-6-9-14(13)15(2,3)12-17-11-7-10-16-4/h5-6,8-9,16-17H,7,10-12H2,1-4H3. The molecule has 0 aromatic heterocycles. The predicted molar refractivity (Wildman–Crippen MR) is 75.6 cm³/mol. The monoisotopic (exact) mass is 234 g/mol. The van der Waals surface area contributed by atoms with Gasteiger partial charge in [0.15, 0.2) is 0 Å². The molecule has 0 amide bonds. The molecular weight excluding hydrogens is 208 g/mol. The van der Waals surface area contributed by atoms with Crippen LogP contribution in [0.2, 0.25) is 0 Å². The van der Waals surface area contributed by atoms with Gasteiger partial charge >= 0.3 is 0 Å². The third-order valence-corrected chi connectivity index (χ3v) is 3.22. The Bertz CT molecular complexity index is 331. The zero-order valence-electron chi connectivity index (χ0n) is 11.6. The highest BCUT2D eigenvalue weighted by Crippen LogP contribution is 2.25. The molecule has 0 unspecified atom stereocenters. The van der Waals surface area contributed by atoms with Gasteiger partial charge in [-0.1, -0.05) is 38.1 Å². The van der Waals surface area contributed by atoms with Crippen LogP contribution < -0.4 is 10.6 Å². The quantitative estimate of drug-likeness (QED) is 0.708. The van der Waals surface area contributed by atoms with E-state index in [0.29, 0.717) is 0 Å². The summed E-state index contributed by atoms with van der Waals surface area (Å²) in [6, 6.07) is 8.67.